The van der Waals surface area contributed by atoms with Crippen molar-refractivity contribution in [1.82, 2.24) is 0 Å². The maximum atomic E-state index is 10.7. The Morgan fingerprint density at radius 2 is 1.94 bits per heavy atom. The van der Waals surface area contributed by atoms with E-state index in [2.05, 4.69) is 0 Å². The lowest BCUT2D eigenvalue weighted by Gasteiger charge is -2.07. The number of hydrogen-bond acceptors (Lipinski definition) is 3. The fourth-order valence-electron chi connectivity index (χ4n) is 1.28. The summed E-state index contributed by atoms with van der Waals surface area (Å²) in [7, 11) is 0. The van der Waals surface area contributed by atoms with Gasteiger partial charge < -0.3 is 10.2 Å². The number of carboxylic acids is 2. The van der Waals surface area contributed by atoms with E-state index in [0.29, 0.717) is 11.1 Å². The first-order valence-corrected chi connectivity index (χ1v) is 4.49. The Hall–Kier alpha value is -2.35. The average Bonchev–Trinajstić information content (AvgIpc) is 2.25. The first-order valence-electron chi connectivity index (χ1n) is 4.49. The van der Waals surface area contributed by atoms with Crippen LogP contribution in [0.3, 0.4) is 0 Å². The quantitative estimate of drug-likeness (QED) is 0.732. The topological polar surface area (TPSA) is 98.4 Å². The van der Waals surface area contributed by atoms with Gasteiger partial charge in [0.05, 0.1) is 11.6 Å². The molecular weight excluding hydrogens is 210 g/mol. The van der Waals surface area contributed by atoms with Crippen LogP contribution in [0.15, 0.2) is 24.3 Å². The third kappa shape index (κ3) is 2.82. The van der Waals surface area contributed by atoms with Gasteiger partial charge in [0.15, 0.2) is 5.92 Å². The van der Waals surface area contributed by atoms with E-state index in [1.165, 1.54) is 6.07 Å². The van der Waals surface area contributed by atoms with Crippen LogP contribution in [-0.2, 0) is 16.0 Å². The SMILES string of the molecule is N#Cc1cccc(CC(C(=O)O)C(=O)O)c1. The largest absolute Gasteiger partial charge is 0.481 e. The molecule has 0 bridgehead atoms. The van der Waals surface area contributed by atoms with Crippen molar-refractivity contribution in [3.05, 3.63) is 35.4 Å². The Labute approximate surface area is 91.6 Å². The van der Waals surface area contributed by atoms with E-state index in [0.717, 1.165) is 0 Å². The van der Waals surface area contributed by atoms with Gasteiger partial charge in [-0.25, -0.2) is 0 Å². The van der Waals surface area contributed by atoms with Gasteiger partial charge in [0.25, 0.3) is 0 Å². The Balaban J connectivity index is 2.90. The summed E-state index contributed by atoms with van der Waals surface area (Å²) in [6.07, 6.45) is -0.125. The van der Waals surface area contributed by atoms with Crippen LogP contribution in [0.25, 0.3) is 0 Å². The second-order valence-corrected chi connectivity index (χ2v) is 3.25. The van der Waals surface area contributed by atoms with Gasteiger partial charge in [0.2, 0.25) is 0 Å². The Morgan fingerprint density at radius 3 is 2.44 bits per heavy atom. The molecule has 0 spiro atoms. The molecular formula is C11H9NO4. The monoisotopic (exact) mass is 219 g/mol. The fraction of sp³-hybridized carbons (Fsp3) is 0.182. The van der Waals surface area contributed by atoms with Crippen LogP contribution in [-0.4, -0.2) is 22.2 Å². The summed E-state index contributed by atoms with van der Waals surface area (Å²) in [5.41, 5.74) is 0.904. The summed E-state index contributed by atoms with van der Waals surface area (Å²) in [5.74, 6) is -4.24. The first kappa shape index (κ1) is 11.7. The highest BCUT2D eigenvalue weighted by atomic mass is 16.4. The van der Waals surface area contributed by atoms with Crippen molar-refractivity contribution in [2.45, 2.75) is 6.42 Å². The number of aliphatic carboxylic acids is 2. The van der Waals surface area contributed by atoms with Crippen molar-refractivity contribution in [1.29, 1.82) is 5.26 Å². The molecule has 0 saturated carbocycles. The number of rotatable bonds is 4. The van der Waals surface area contributed by atoms with Gasteiger partial charge in [-0.1, -0.05) is 12.1 Å². The van der Waals surface area contributed by atoms with Crippen molar-refractivity contribution in [2.24, 2.45) is 5.92 Å². The Bertz CT molecular complexity index is 447. The molecule has 0 atom stereocenters. The van der Waals surface area contributed by atoms with Gasteiger partial charge in [0.1, 0.15) is 0 Å². The van der Waals surface area contributed by atoms with Gasteiger partial charge in [-0.3, -0.25) is 9.59 Å². The number of hydrogen-bond donors (Lipinski definition) is 2. The molecule has 0 aliphatic heterocycles. The van der Waals surface area contributed by atoms with Crippen LogP contribution in [0.4, 0.5) is 0 Å². The third-order valence-electron chi connectivity index (χ3n) is 2.09. The minimum atomic E-state index is -1.48. The molecule has 0 heterocycles. The van der Waals surface area contributed by atoms with Gasteiger partial charge in [-0.2, -0.15) is 5.26 Å². The lowest BCUT2D eigenvalue weighted by atomic mass is 9.98. The van der Waals surface area contributed by atoms with Crippen molar-refractivity contribution < 1.29 is 19.8 Å². The highest BCUT2D eigenvalue weighted by Crippen LogP contribution is 2.11. The smallest absolute Gasteiger partial charge is 0.318 e. The maximum Gasteiger partial charge on any atom is 0.318 e. The summed E-state index contributed by atoms with van der Waals surface area (Å²) in [6, 6.07) is 8.15. The number of nitriles is 1. The lowest BCUT2D eigenvalue weighted by molar-refractivity contribution is -0.154. The molecule has 82 valence electrons. The summed E-state index contributed by atoms with van der Waals surface area (Å²) in [5, 5.41) is 26.0. The van der Waals surface area contributed by atoms with Crippen LogP contribution >= 0.6 is 0 Å². The van der Waals surface area contributed by atoms with E-state index in [4.69, 9.17) is 15.5 Å². The second-order valence-electron chi connectivity index (χ2n) is 3.25. The summed E-state index contributed by atoms with van der Waals surface area (Å²) in [6.45, 7) is 0. The number of carboxylic acid groups (broad SMARTS) is 2. The van der Waals surface area contributed by atoms with E-state index in [1.54, 1.807) is 18.2 Å². The molecule has 0 aliphatic carbocycles. The standard InChI is InChI=1S/C11H9NO4/c12-6-8-3-1-2-7(4-8)5-9(10(13)14)11(15)16/h1-4,9H,5H2,(H,13,14)(H,15,16). The molecule has 1 aromatic carbocycles. The van der Waals surface area contributed by atoms with Crippen LogP contribution in [0, 0.1) is 17.2 Å². The molecule has 0 fully saturated rings. The summed E-state index contributed by atoms with van der Waals surface area (Å²) >= 11 is 0. The molecule has 2 N–H and O–H groups in total. The number of nitrogens with zero attached hydrogens (tertiary/aromatic N) is 1. The average molecular weight is 219 g/mol. The first-order chi connectivity index (χ1) is 7.54. The van der Waals surface area contributed by atoms with Gasteiger partial charge in [-0.15, -0.1) is 0 Å². The highest BCUT2D eigenvalue weighted by molar-refractivity contribution is 5.93. The van der Waals surface area contributed by atoms with Crippen LogP contribution in [0.5, 0.6) is 0 Å². The Morgan fingerprint density at radius 1 is 1.31 bits per heavy atom. The van der Waals surface area contributed by atoms with Crippen molar-refractivity contribution in [3.8, 4) is 6.07 Å². The summed E-state index contributed by atoms with van der Waals surface area (Å²) in [4.78, 5) is 21.3. The zero-order chi connectivity index (χ0) is 12.1. The molecule has 0 saturated heterocycles. The normalized spacial score (nSPS) is 9.75. The van der Waals surface area contributed by atoms with E-state index in [1.807, 2.05) is 6.07 Å². The summed E-state index contributed by atoms with van der Waals surface area (Å²) < 4.78 is 0. The highest BCUT2D eigenvalue weighted by Gasteiger charge is 2.25. The minimum absolute atomic E-state index is 0.125. The predicted molar refractivity (Wildman–Crippen MR) is 53.6 cm³/mol. The second kappa shape index (κ2) is 4.94. The van der Waals surface area contributed by atoms with Crippen LogP contribution < -0.4 is 0 Å². The van der Waals surface area contributed by atoms with Crippen LogP contribution in [0.1, 0.15) is 11.1 Å². The number of benzene rings is 1. The zero-order valence-electron chi connectivity index (χ0n) is 8.25. The third-order valence-corrected chi connectivity index (χ3v) is 2.09. The van der Waals surface area contributed by atoms with Gasteiger partial charge in [0, 0.05) is 0 Å². The molecule has 5 nitrogen and oxygen atoms in total. The van der Waals surface area contributed by atoms with Gasteiger partial charge >= 0.3 is 11.9 Å². The lowest BCUT2D eigenvalue weighted by Crippen LogP contribution is -2.25. The predicted octanol–water partition coefficient (Wildman–Crippen LogP) is 0.886. The van der Waals surface area contributed by atoms with Crippen molar-refractivity contribution >= 4 is 11.9 Å². The number of carbonyl (C=O) groups is 2. The molecule has 0 aromatic heterocycles. The molecule has 0 amide bonds. The Kier molecular flexibility index (Phi) is 3.62. The molecule has 16 heavy (non-hydrogen) atoms. The fourth-order valence-corrected chi connectivity index (χ4v) is 1.28. The van der Waals surface area contributed by atoms with Gasteiger partial charge in [-0.05, 0) is 24.1 Å². The van der Waals surface area contributed by atoms with Crippen molar-refractivity contribution in [3.63, 3.8) is 0 Å². The molecule has 5 heteroatoms. The molecule has 0 radical (unpaired) electrons. The minimum Gasteiger partial charge on any atom is -0.481 e. The molecule has 1 rings (SSSR count). The van der Waals surface area contributed by atoms with E-state index < -0.39 is 17.9 Å². The molecule has 0 aliphatic rings. The van der Waals surface area contributed by atoms with E-state index in [9.17, 15) is 9.59 Å². The zero-order valence-corrected chi connectivity index (χ0v) is 8.25. The van der Waals surface area contributed by atoms with Crippen molar-refractivity contribution in [2.75, 3.05) is 0 Å². The van der Waals surface area contributed by atoms with Crippen LogP contribution in [0.2, 0.25) is 0 Å². The maximum absolute atomic E-state index is 10.7. The molecule has 1 aromatic rings. The molecule has 0 unspecified atom stereocenters. The van der Waals surface area contributed by atoms with E-state index in [-0.39, 0.29) is 6.42 Å². The van der Waals surface area contributed by atoms with E-state index >= 15 is 0 Å².